The Morgan fingerprint density at radius 1 is 1.42 bits per heavy atom. The third-order valence-corrected chi connectivity index (χ3v) is 3.84. The van der Waals surface area contributed by atoms with Gasteiger partial charge >= 0.3 is 0 Å². The summed E-state index contributed by atoms with van der Waals surface area (Å²) in [7, 11) is 0. The molecule has 0 saturated carbocycles. The van der Waals surface area contributed by atoms with E-state index in [0.29, 0.717) is 12.2 Å². The fourth-order valence-corrected chi connectivity index (χ4v) is 2.34. The third-order valence-electron chi connectivity index (χ3n) is 3.84. The SMILES string of the molecule is CCn1cc(NC(=O)C2(C)CCNCC2)ccc1=O. The number of nitrogens with zero attached hydrogens (tertiary/aromatic N) is 1. The van der Waals surface area contributed by atoms with Crippen molar-refractivity contribution in [2.45, 2.75) is 33.2 Å². The van der Waals surface area contributed by atoms with E-state index < -0.39 is 0 Å². The number of nitrogens with one attached hydrogen (secondary N) is 2. The van der Waals surface area contributed by atoms with E-state index in [-0.39, 0.29) is 16.9 Å². The van der Waals surface area contributed by atoms with Crippen LogP contribution in [0.3, 0.4) is 0 Å². The largest absolute Gasteiger partial charge is 0.324 e. The molecule has 2 rings (SSSR count). The number of carbonyl (C=O) groups is 1. The van der Waals surface area contributed by atoms with Crippen molar-refractivity contribution in [1.82, 2.24) is 9.88 Å². The first-order valence-electron chi connectivity index (χ1n) is 6.78. The van der Waals surface area contributed by atoms with Crippen molar-refractivity contribution in [2.24, 2.45) is 5.41 Å². The van der Waals surface area contributed by atoms with Crippen LogP contribution in [0.15, 0.2) is 23.1 Å². The minimum Gasteiger partial charge on any atom is -0.324 e. The number of aromatic nitrogens is 1. The number of piperidine rings is 1. The van der Waals surface area contributed by atoms with Gasteiger partial charge in [0.1, 0.15) is 0 Å². The van der Waals surface area contributed by atoms with Crippen LogP contribution >= 0.6 is 0 Å². The summed E-state index contributed by atoms with van der Waals surface area (Å²) in [6.07, 6.45) is 3.38. The number of aryl methyl sites for hydroxylation is 1. The van der Waals surface area contributed by atoms with Gasteiger partial charge in [0.05, 0.1) is 5.69 Å². The molecule has 1 amide bonds. The monoisotopic (exact) mass is 263 g/mol. The maximum absolute atomic E-state index is 12.3. The lowest BCUT2D eigenvalue weighted by atomic mass is 9.80. The number of pyridine rings is 1. The van der Waals surface area contributed by atoms with E-state index >= 15 is 0 Å². The normalized spacial score (nSPS) is 18.0. The summed E-state index contributed by atoms with van der Waals surface area (Å²) in [5.74, 6) is 0.0373. The summed E-state index contributed by atoms with van der Waals surface area (Å²) >= 11 is 0. The van der Waals surface area contributed by atoms with Gasteiger partial charge in [0.2, 0.25) is 5.91 Å². The van der Waals surface area contributed by atoms with Crippen LogP contribution in [0, 0.1) is 5.41 Å². The maximum atomic E-state index is 12.3. The van der Waals surface area contributed by atoms with E-state index in [2.05, 4.69) is 10.6 Å². The van der Waals surface area contributed by atoms with Crippen LogP contribution < -0.4 is 16.2 Å². The predicted molar refractivity (Wildman–Crippen MR) is 75.2 cm³/mol. The Morgan fingerprint density at radius 2 is 2.11 bits per heavy atom. The second-order valence-corrected chi connectivity index (χ2v) is 5.31. The molecule has 2 N–H and O–H groups in total. The van der Waals surface area contributed by atoms with E-state index in [1.54, 1.807) is 16.8 Å². The zero-order valence-electron chi connectivity index (χ0n) is 11.5. The molecule has 1 fully saturated rings. The van der Waals surface area contributed by atoms with Gasteiger partial charge in [0.25, 0.3) is 5.56 Å². The van der Waals surface area contributed by atoms with Crippen LogP contribution in [-0.4, -0.2) is 23.6 Å². The molecule has 0 atom stereocenters. The van der Waals surface area contributed by atoms with Crippen LogP contribution in [0.1, 0.15) is 26.7 Å². The summed E-state index contributed by atoms with van der Waals surface area (Å²) < 4.78 is 1.58. The summed E-state index contributed by atoms with van der Waals surface area (Å²) in [5.41, 5.74) is 0.318. The van der Waals surface area contributed by atoms with Crippen molar-refractivity contribution in [2.75, 3.05) is 18.4 Å². The molecule has 1 aromatic heterocycles. The van der Waals surface area contributed by atoms with Gasteiger partial charge in [-0.1, -0.05) is 6.92 Å². The van der Waals surface area contributed by atoms with Crippen LogP contribution in [0.5, 0.6) is 0 Å². The number of rotatable bonds is 3. The molecule has 1 saturated heterocycles. The second kappa shape index (κ2) is 5.57. The zero-order valence-corrected chi connectivity index (χ0v) is 11.5. The molecule has 1 aliphatic heterocycles. The topological polar surface area (TPSA) is 63.1 Å². The van der Waals surface area contributed by atoms with Crippen molar-refractivity contribution in [3.8, 4) is 0 Å². The first kappa shape index (κ1) is 13.8. The standard InChI is InChI=1S/C14H21N3O2/c1-3-17-10-11(4-5-12(17)18)16-13(19)14(2)6-8-15-9-7-14/h4-5,10,15H,3,6-9H2,1-2H3,(H,16,19). The summed E-state index contributed by atoms with van der Waals surface area (Å²) in [6, 6.07) is 3.15. The minimum atomic E-state index is -0.321. The smallest absolute Gasteiger partial charge is 0.250 e. The highest BCUT2D eigenvalue weighted by atomic mass is 16.2. The first-order chi connectivity index (χ1) is 9.05. The quantitative estimate of drug-likeness (QED) is 0.861. The molecule has 19 heavy (non-hydrogen) atoms. The van der Waals surface area contributed by atoms with Gasteiger partial charge < -0.3 is 15.2 Å². The molecule has 1 aliphatic rings. The Bertz CT molecular complexity index is 516. The van der Waals surface area contributed by atoms with Gasteiger partial charge in [-0.05, 0) is 38.9 Å². The molecule has 0 aromatic carbocycles. The van der Waals surface area contributed by atoms with E-state index in [1.807, 2.05) is 13.8 Å². The van der Waals surface area contributed by atoms with Gasteiger partial charge in [-0.2, -0.15) is 0 Å². The minimum absolute atomic E-state index is 0.0373. The van der Waals surface area contributed by atoms with Crippen LogP contribution in [0.2, 0.25) is 0 Å². The molecule has 104 valence electrons. The van der Waals surface area contributed by atoms with Crippen molar-refractivity contribution in [1.29, 1.82) is 0 Å². The Kier molecular flexibility index (Phi) is 4.04. The van der Waals surface area contributed by atoms with Gasteiger partial charge in [-0.3, -0.25) is 9.59 Å². The summed E-state index contributed by atoms with van der Waals surface area (Å²) in [6.45, 7) is 6.25. The molecular formula is C14H21N3O2. The fraction of sp³-hybridized carbons (Fsp3) is 0.571. The van der Waals surface area contributed by atoms with E-state index in [0.717, 1.165) is 25.9 Å². The molecule has 0 bridgehead atoms. The highest BCUT2D eigenvalue weighted by Gasteiger charge is 2.34. The Hall–Kier alpha value is -1.62. The highest BCUT2D eigenvalue weighted by Crippen LogP contribution is 2.29. The van der Waals surface area contributed by atoms with Crippen molar-refractivity contribution in [3.63, 3.8) is 0 Å². The highest BCUT2D eigenvalue weighted by molar-refractivity contribution is 5.95. The molecule has 2 heterocycles. The number of anilines is 1. The van der Waals surface area contributed by atoms with Crippen molar-refractivity contribution < 1.29 is 4.79 Å². The predicted octanol–water partition coefficient (Wildman–Crippen LogP) is 1.20. The van der Waals surface area contributed by atoms with Gasteiger partial charge in [-0.25, -0.2) is 0 Å². The lowest BCUT2D eigenvalue weighted by Crippen LogP contribution is -2.43. The average molecular weight is 263 g/mol. The molecule has 5 nitrogen and oxygen atoms in total. The number of amides is 1. The van der Waals surface area contributed by atoms with Gasteiger partial charge in [0.15, 0.2) is 0 Å². The van der Waals surface area contributed by atoms with Crippen LogP contribution in [0.25, 0.3) is 0 Å². The zero-order chi connectivity index (χ0) is 13.9. The molecular weight excluding hydrogens is 242 g/mol. The van der Waals surface area contributed by atoms with Crippen LogP contribution in [0.4, 0.5) is 5.69 Å². The van der Waals surface area contributed by atoms with Gasteiger partial charge in [0, 0.05) is 24.2 Å². The average Bonchev–Trinajstić information content (AvgIpc) is 2.41. The third kappa shape index (κ3) is 3.04. The van der Waals surface area contributed by atoms with E-state index in [9.17, 15) is 9.59 Å². The Morgan fingerprint density at radius 3 is 2.74 bits per heavy atom. The summed E-state index contributed by atoms with van der Waals surface area (Å²) in [4.78, 5) is 23.8. The molecule has 0 spiro atoms. The molecule has 0 unspecified atom stereocenters. The van der Waals surface area contributed by atoms with E-state index in [4.69, 9.17) is 0 Å². The number of carbonyl (C=O) groups excluding carboxylic acids is 1. The molecule has 5 heteroatoms. The Balaban J connectivity index is 2.12. The maximum Gasteiger partial charge on any atom is 0.250 e. The lowest BCUT2D eigenvalue weighted by molar-refractivity contribution is -0.126. The summed E-state index contributed by atoms with van der Waals surface area (Å²) in [5, 5.41) is 6.19. The van der Waals surface area contributed by atoms with Crippen LogP contribution in [-0.2, 0) is 11.3 Å². The molecule has 0 aliphatic carbocycles. The first-order valence-corrected chi connectivity index (χ1v) is 6.78. The second-order valence-electron chi connectivity index (χ2n) is 5.31. The van der Waals surface area contributed by atoms with Crippen molar-refractivity contribution >= 4 is 11.6 Å². The molecule has 0 radical (unpaired) electrons. The van der Waals surface area contributed by atoms with Gasteiger partial charge in [-0.15, -0.1) is 0 Å². The Labute approximate surface area is 113 Å². The molecule has 1 aromatic rings. The lowest BCUT2D eigenvalue weighted by Gasteiger charge is -2.32. The fourth-order valence-electron chi connectivity index (χ4n) is 2.34. The van der Waals surface area contributed by atoms with Crippen molar-refractivity contribution in [3.05, 3.63) is 28.7 Å². The number of hydrogen-bond acceptors (Lipinski definition) is 3. The number of hydrogen-bond donors (Lipinski definition) is 2. The van der Waals surface area contributed by atoms with E-state index in [1.165, 1.54) is 6.07 Å².